The lowest BCUT2D eigenvalue weighted by Gasteiger charge is -2.07. The van der Waals surface area contributed by atoms with Crippen LogP contribution in [0.25, 0.3) is 0 Å². The second kappa shape index (κ2) is 4.97. The average Bonchev–Trinajstić information content (AvgIpc) is 2.18. The van der Waals surface area contributed by atoms with Crippen LogP contribution >= 0.6 is 11.8 Å². The lowest BCUT2D eigenvalue weighted by Crippen LogP contribution is -2.02. The Morgan fingerprint density at radius 2 is 2.21 bits per heavy atom. The number of hydrogen-bond donors (Lipinski definition) is 1. The third-order valence-corrected chi connectivity index (χ3v) is 2.80. The lowest BCUT2D eigenvalue weighted by atomic mass is 10.3. The van der Waals surface area contributed by atoms with Crippen molar-refractivity contribution in [2.45, 2.75) is 17.1 Å². The van der Waals surface area contributed by atoms with E-state index in [-0.39, 0.29) is 17.5 Å². The summed E-state index contributed by atoms with van der Waals surface area (Å²) >= 11 is 1.31. The molecule has 0 bridgehead atoms. The first-order chi connectivity index (χ1) is 6.65. The molecule has 0 heterocycles. The van der Waals surface area contributed by atoms with E-state index in [9.17, 15) is 10.1 Å². The lowest BCUT2D eigenvalue weighted by molar-refractivity contribution is -0.387. The maximum atomic E-state index is 10.6. The monoisotopic (exact) mass is 213 g/mol. The van der Waals surface area contributed by atoms with E-state index in [4.69, 9.17) is 5.11 Å². The fourth-order valence-electron chi connectivity index (χ4n) is 0.962. The zero-order valence-electron chi connectivity index (χ0n) is 7.71. The molecule has 0 saturated heterocycles. The Morgan fingerprint density at radius 1 is 1.57 bits per heavy atom. The van der Waals surface area contributed by atoms with Crippen molar-refractivity contribution in [2.24, 2.45) is 0 Å². The molecule has 5 heteroatoms. The van der Waals surface area contributed by atoms with Gasteiger partial charge in [-0.15, -0.1) is 11.8 Å². The molecule has 0 spiro atoms. The summed E-state index contributed by atoms with van der Waals surface area (Å²) in [6.07, 6.45) is 0. The first-order valence-electron chi connectivity index (χ1n) is 4.16. The Morgan fingerprint density at radius 3 is 2.79 bits per heavy atom. The van der Waals surface area contributed by atoms with Crippen LogP contribution in [0.3, 0.4) is 0 Å². The number of aliphatic hydroxyl groups excluding tert-OH is 1. The summed E-state index contributed by atoms with van der Waals surface area (Å²) in [5.74, 6) is 0. The molecule has 0 aliphatic heterocycles. The van der Waals surface area contributed by atoms with Crippen molar-refractivity contribution in [3.05, 3.63) is 34.4 Å². The summed E-state index contributed by atoms with van der Waals surface area (Å²) in [6, 6.07) is 6.53. The molecular formula is C9H11NO3S. The standard InChI is InChI=1S/C9H11NO3S/c1-7(6-11)14-9-5-3-2-4-8(9)10(12)13/h2-5,7,11H,6H2,1H3. The number of para-hydroxylation sites is 1. The van der Waals surface area contributed by atoms with Crippen molar-refractivity contribution in [3.8, 4) is 0 Å². The molecule has 0 fully saturated rings. The summed E-state index contributed by atoms with van der Waals surface area (Å²) in [7, 11) is 0. The van der Waals surface area contributed by atoms with Crippen molar-refractivity contribution in [1.82, 2.24) is 0 Å². The van der Waals surface area contributed by atoms with Crippen molar-refractivity contribution in [1.29, 1.82) is 0 Å². The van der Waals surface area contributed by atoms with Crippen molar-refractivity contribution in [2.75, 3.05) is 6.61 Å². The first-order valence-corrected chi connectivity index (χ1v) is 5.04. The molecule has 1 atom stereocenters. The highest BCUT2D eigenvalue weighted by Crippen LogP contribution is 2.31. The van der Waals surface area contributed by atoms with Crippen LogP contribution in [0.15, 0.2) is 29.2 Å². The largest absolute Gasteiger partial charge is 0.395 e. The minimum Gasteiger partial charge on any atom is -0.395 e. The number of aliphatic hydroxyl groups is 1. The van der Waals surface area contributed by atoms with Crippen LogP contribution in [0.2, 0.25) is 0 Å². The van der Waals surface area contributed by atoms with Crippen LogP contribution in [0, 0.1) is 10.1 Å². The Bertz CT molecular complexity index is 330. The van der Waals surface area contributed by atoms with Crippen molar-refractivity contribution >= 4 is 17.4 Å². The second-order valence-corrected chi connectivity index (χ2v) is 4.32. The highest BCUT2D eigenvalue weighted by atomic mass is 32.2. The molecule has 4 nitrogen and oxygen atoms in total. The number of hydrogen-bond acceptors (Lipinski definition) is 4. The number of thioether (sulfide) groups is 1. The fraction of sp³-hybridized carbons (Fsp3) is 0.333. The van der Waals surface area contributed by atoms with Gasteiger partial charge in [0.25, 0.3) is 5.69 Å². The molecule has 76 valence electrons. The van der Waals surface area contributed by atoms with Crippen LogP contribution < -0.4 is 0 Å². The molecule has 0 aliphatic rings. The summed E-state index contributed by atoms with van der Waals surface area (Å²) < 4.78 is 0. The molecule has 1 rings (SSSR count). The molecule has 0 radical (unpaired) electrons. The van der Waals surface area contributed by atoms with Crippen LogP contribution in [-0.2, 0) is 0 Å². The molecule has 0 amide bonds. The van der Waals surface area contributed by atoms with Gasteiger partial charge >= 0.3 is 0 Å². The van der Waals surface area contributed by atoms with Gasteiger partial charge in [0.2, 0.25) is 0 Å². The number of nitro benzene ring substituents is 1. The Balaban J connectivity index is 2.90. The second-order valence-electron chi connectivity index (χ2n) is 2.84. The highest BCUT2D eigenvalue weighted by Gasteiger charge is 2.14. The molecule has 1 unspecified atom stereocenters. The number of rotatable bonds is 4. The molecule has 0 aromatic heterocycles. The average molecular weight is 213 g/mol. The number of nitro groups is 1. The van der Waals surface area contributed by atoms with Crippen LogP contribution in [0.1, 0.15) is 6.92 Å². The SMILES string of the molecule is CC(CO)Sc1ccccc1[N+](=O)[O-]. The smallest absolute Gasteiger partial charge is 0.282 e. The summed E-state index contributed by atoms with van der Waals surface area (Å²) in [6.45, 7) is 1.83. The zero-order valence-corrected chi connectivity index (χ0v) is 8.53. The third kappa shape index (κ3) is 2.71. The van der Waals surface area contributed by atoms with E-state index in [1.54, 1.807) is 18.2 Å². The summed E-state index contributed by atoms with van der Waals surface area (Å²) in [5, 5.41) is 19.4. The van der Waals surface area contributed by atoms with E-state index in [1.807, 2.05) is 6.92 Å². The van der Waals surface area contributed by atoms with E-state index in [1.165, 1.54) is 17.8 Å². The van der Waals surface area contributed by atoms with E-state index >= 15 is 0 Å². The highest BCUT2D eigenvalue weighted by molar-refractivity contribution is 8.00. The third-order valence-electron chi connectivity index (χ3n) is 1.65. The van der Waals surface area contributed by atoms with Gasteiger partial charge < -0.3 is 5.11 Å². The molecule has 1 N–H and O–H groups in total. The van der Waals surface area contributed by atoms with Crippen molar-refractivity contribution in [3.63, 3.8) is 0 Å². The van der Waals surface area contributed by atoms with Gasteiger partial charge in [-0.25, -0.2) is 0 Å². The molecular weight excluding hydrogens is 202 g/mol. The molecule has 14 heavy (non-hydrogen) atoms. The van der Waals surface area contributed by atoms with E-state index in [2.05, 4.69) is 0 Å². The molecule has 1 aromatic carbocycles. The van der Waals surface area contributed by atoms with Gasteiger partial charge in [-0.05, 0) is 6.07 Å². The Kier molecular flexibility index (Phi) is 3.91. The summed E-state index contributed by atoms with van der Waals surface area (Å²) in [4.78, 5) is 10.8. The first kappa shape index (κ1) is 11.0. The van der Waals surface area contributed by atoms with E-state index < -0.39 is 4.92 Å². The minimum absolute atomic E-state index is 0.0106. The van der Waals surface area contributed by atoms with Gasteiger partial charge in [-0.2, -0.15) is 0 Å². The van der Waals surface area contributed by atoms with Crippen molar-refractivity contribution < 1.29 is 10.0 Å². The maximum Gasteiger partial charge on any atom is 0.282 e. The Labute approximate surface area is 86.1 Å². The normalized spacial score (nSPS) is 12.4. The maximum absolute atomic E-state index is 10.6. The topological polar surface area (TPSA) is 63.4 Å². The van der Waals surface area contributed by atoms with Crippen LogP contribution in [0.4, 0.5) is 5.69 Å². The predicted molar refractivity (Wildman–Crippen MR) is 55.5 cm³/mol. The van der Waals surface area contributed by atoms with Crippen LogP contribution in [-0.4, -0.2) is 21.9 Å². The molecule has 0 saturated carbocycles. The van der Waals surface area contributed by atoms with Gasteiger partial charge in [-0.1, -0.05) is 19.1 Å². The zero-order chi connectivity index (χ0) is 10.6. The number of nitrogens with zero attached hydrogens (tertiary/aromatic N) is 1. The Hall–Kier alpha value is -1.07. The molecule has 0 aliphatic carbocycles. The van der Waals surface area contributed by atoms with Crippen LogP contribution in [0.5, 0.6) is 0 Å². The van der Waals surface area contributed by atoms with E-state index in [0.29, 0.717) is 4.90 Å². The van der Waals surface area contributed by atoms with Gasteiger partial charge in [0.05, 0.1) is 16.4 Å². The van der Waals surface area contributed by atoms with Gasteiger partial charge in [0, 0.05) is 11.3 Å². The minimum atomic E-state index is -0.410. The van der Waals surface area contributed by atoms with E-state index in [0.717, 1.165) is 0 Å². The predicted octanol–water partition coefficient (Wildman–Crippen LogP) is 2.07. The van der Waals surface area contributed by atoms with Gasteiger partial charge in [0.15, 0.2) is 0 Å². The van der Waals surface area contributed by atoms with Gasteiger partial charge in [0.1, 0.15) is 0 Å². The fourth-order valence-corrected chi connectivity index (χ4v) is 1.89. The quantitative estimate of drug-likeness (QED) is 0.472. The van der Waals surface area contributed by atoms with Gasteiger partial charge in [-0.3, -0.25) is 10.1 Å². The summed E-state index contributed by atoms with van der Waals surface area (Å²) in [5.41, 5.74) is 0.0952. The number of benzene rings is 1. The molecule has 1 aromatic rings.